The Kier molecular flexibility index (Phi) is 6.84. The van der Waals surface area contributed by atoms with Crippen LogP contribution in [0, 0.1) is 17.0 Å². The Bertz CT molecular complexity index is 1240. The molecule has 1 amide bonds. The lowest BCUT2D eigenvalue weighted by Gasteiger charge is -2.30. The maximum atomic E-state index is 13.1. The second-order valence-electron chi connectivity index (χ2n) is 6.98. The van der Waals surface area contributed by atoms with E-state index in [-0.39, 0.29) is 22.9 Å². The molecule has 1 heterocycles. The summed E-state index contributed by atoms with van der Waals surface area (Å²) < 4.78 is 26.2. The molecule has 0 aliphatic heterocycles. The molecule has 10 nitrogen and oxygen atoms in total. The van der Waals surface area contributed by atoms with Crippen LogP contribution >= 0.6 is 11.3 Å². The van der Waals surface area contributed by atoms with Gasteiger partial charge in [-0.15, -0.1) is 10.2 Å². The summed E-state index contributed by atoms with van der Waals surface area (Å²) in [5.74, 6) is -0.611. The number of non-ortho nitro benzene ring substituents is 1. The number of hydrogen-bond donors (Lipinski definition) is 1. The number of aryl methyl sites for hydroxylation is 1. The topological polar surface area (TPSA) is 135 Å². The molecule has 168 valence electrons. The maximum Gasteiger partial charge on any atom is 0.271 e. The van der Waals surface area contributed by atoms with E-state index < -0.39 is 26.9 Å². The number of nitro benzene ring substituents is 1. The molecule has 0 aliphatic rings. The van der Waals surface area contributed by atoms with Crippen molar-refractivity contribution in [1.29, 1.82) is 0 Å². The molecule has 1 N–H and O–H groups in total. The van der Waals surface area contributed by atoms with Crippen molar-refractivity contribution in [2.75, 3.05) is 15.9 Å². The van der Waals surface area contributed by atoms with Crippen LogP contribution in [0.1, 0.15) is 18.9 Å². The van der Waals surface area contributed by atoms with Crippen LogP contribution in [0.2, 0.25) is 0 Å². The van der Waals surface area contributed by atoms with Gasteiger partial charge in [-0.1, -0.05) is 54.7 Å². The number of nitro groups is 1. The van der Waals surface area contributed by atoms with Crippen molar-refractivity contribution in [2.24, 2.45) is 0 Å². The van der Waals surface area contributed by atoms with Gasteiger partial charge in [0.1, 0.15) is 11.0 Å². The van der Waals surface area contributed by atoms with Crippen LogP contribution < -0.4 is 9.62 Å². The van der Waals surface area contributed by atoms with Crippen molar-refractivity contribution < 1.29 is 18.1 Å². The van der Waals surface area contributed by atoms with E-state index >= 15 is 0 Å². The van der Waals surface area contributed by atoms with Gasteiger partial charge in [0.25, 0.3) is 5.69 Å². The van der Waals surface area contributed by atoms with Crippen molar-refractivity contribution in [3.05, 3.63) is 64.2 Å². The van der Waals surface area contributed by atoms with E-state index in [0.717, 1.165) is 33.5 Å². The molecule has 1 unspecified atom stereocenters. The molecule has 0 fully saturated rings. The number of benzene rings is 2. The van der Waals surface area contributed by atoms with Gasteiger partial charge < -0.3 is 0 Å². The third-order valence-corrected chi connectivity index (χ3v) is 6.70. The molecule has 32 heavy (non-hydrogen) atoms. The maximum absolute atomic E-state index is 13.1. The zero-order valence-electron chi connectivity index (χ0n) is 17.5. The summed E-state index contributed by atoms with van der Waals surface area (Å²) in [7, 11) is -3.95. The number of aromatic nitrogens is 2. The Balaban J connectivity index is 1.94. The minimum absolute atomic E-state index is 0.0749. The van der Waals surface area contributed by atoms with E-state index in [4.69, 9.17) is 0 Å². The molecule has 2 aromatic carbocycles. The molecular formula is C20H21N5O5S2. The van der Waals surface area contributed by atoms with Gasteiger partial charge in [0, 0.05) is 17.7 Å². The number of rotatable bonds is 8. The normalized spacial score (nSPS) is 12.2. The molecule has 0 saturated heterocycles. The minimum Gasteiger partial charge on any atom is -0.299 e. The first kappa shape index (κ1) is 23.3. The van der Waals surface area contributed by atoms with Gasteiger partial charge >= 0.3 is 0 Å². The largest absolute Gasteiger partial charge is 0.299 e. The van der Waals surface area contributed by atoms with Crippen molar-refractivity contribution in [3.63, 3.8) is 0 Å². The molecule has 3 aromatic rings. The van der Waals surface area contributed by atoms with E-state index in [1.165, 1.54) is 12.1 Å². The highest BCUT2D eigenvalue weighted by atomic mass is 32.2. The standard InChI is InChI=1S/C20H21N5O5S2/c1-4-16(18(26)21-20-23-22-19(31-20)14-8-6-5-7-9-14)24(32(3,29)30)17-12-15(25(27)28)11-10-13(17)2/h5-12,16H,4H2,1-3H3,(H,21,23,26). The van der Waals surface area contributed by atoms with Crippen LogP contribution in [-0.2, 0) is 14.8 Å². The minimum atomic E-state index is -3.95. The zero-order valence-corrected chi connectivity index (χ0v) is 19.2. The predicted molar refractivity (Wildman–Crippen MR) is 123 cm³/mol. The fourth-order valence-electron chi connectivity index (χ4n) is 3.14. The fourth-order valence-corrected chi connectivity index (χ4v) is 5.16. The predicted octanol–water partition coefficient (Wildman–Crippen LogP) is 3.61. The van der Waals surface area contributed by atoms with Crippen LogP contribution in [0.5, 0.6) is 0 Å². The van der Waals surface area contributed by atoms with Gasteiger partial charge in [-0.2, -0.15) is 0 Å². The number of carbonyl (C=O) groups is 1. The Morgan fingerprint density at radius 2 is 1.91 bits per heavy atom. The first-order valence-electron chi connectivity index (χ1n) is 9.56. The molecule has 0 spiro atoms. The summed E-state index contributed by atoms with van der Waals surface area (Å²) in [5.41, 5.74) is 1.12. The third kappa shape index (κ3) is 5.08. The first-order chi connectivity index (χ1) is 15.1. The summed E-state index contributed by atoms with van der Waals surface area (Å²) >= 11 is 1.16. The summed E-state index contributed by atoms with van der Waals surface area (Å²) in [4.78, 5) is 23.7. The van der Waals surface area contributed by atoms with Gasteiger partial charge in [0.15, 0.2) is 0 Å². The van der Waals surface area contributed by atoms with Gasteiger partial charge in [-0.25, -0.2) is 8.42 Å². The highest BCUT2D eigenvalue weighted by Crippen LogP contribution is 2.31. The molecule has 0 saturated carbocycles. The van der Waals surface area contributed by atoms with E-state index in [9.17, 15) is 23.3 Å². The third-order valence-electron chi connectivity index (χ3n) is 4.65. The molecule has 1 aromatic heterocycles. The Hall–Kier alpha value is -3.38. The van der Waals surface area contributed by atoms with E-state index in [0.29, 0.717) is 10.6 Å². The molecule has 12 heteroatoms. The molecule has 0 bridgehead atoms. The summed E-state index contributed by atoms with van der Waals surface area (Å²) in [6.07, 6.45) is 1.09. The molecule has 1 atom stereocenters. The number of hydrogen-bond acceptors (Lipinski definition) is 8. The average Bonchev–Trinajstić information content (AvgIpc) is 3.20. The van der Waals surface area contributed by atoms with Gasteiger partial charge in [0.05, 0.1) is 16.9 Å². The summed E-state index contributed by atoms with van der Waals surface area (Å²) in [6.45, 7) is 3.28. The van der Waals surface area contributed by atoms with Crippen molar-refractivity contribution in [2.45, 2.75) is 26.3 Å². The molecular weight excluding hydrogens is 454 g/mol. The van der Waals surface area contributed by atoms with Crippen LogP contribution in [-0.4, -0.2) is 41.7 Å². The lowest BCUT2D eigenvalue weighted by molar-refractivity contribution is -0.384. The SMILES string of the molecule is CCC(C(=O)Nc1nnc(-c2ccccc2)s1)N(c1cc([N+](=O)[O-])ccc1C)S(C)(=O)=O. The first-order valence-corrected chi connectivity index (χ1v) is 12.2. The Labute approximate surface area is 189 Å². The van der Waals surface area contributed by atoms with Crippen molar-refractivity contribution in [3.8, 4) is 10.6 Å². The number of anilines is 2. The number of amides is 1. The molecule has 0 radical (unpaired) electrons. The highest BCUT2D eigenvalue weighted by Gasteiger charge is 2.33. The zero-order chi connectivity index (χ0) is 23.5. The van der Waals surface area contributed by atoms with Crippen molar-refractivity contribution in [1.82, 2.24) is 10.2 Å². The van der Waals surface area contributed by atoms with E-state index in [1.54, 1.807) is 13.8 Å². The van der Waals surface area contributed by atoms with Crippen LogP contribution in [0.25, 0.3) is 10.6 Å². The number of sulfonamides is 1. The van der Waals surface area contributed by atoms with E-state index in [2.05, 4.69) is 15.5 Å². The quantitative estimate of drug-likeness (QED) is 0.388. The molecule has 0 aliphatic carbocycles. The number of carbonyl (C=O) groups excluding carboxylic acids is 1. The van der Waals surface area contributed by atoms with Crippen molar-refractivity contribution >= 4 is 43.8 Å². The number of nitrogens with zero attached hydrogens (tertiary/aromatic N) is 4. The summed E-state index contributed by atoms with van der Waals surface area (Å²) in [6, 6.07) is 12.0. The van der Waals surface area contributed by atoms with Gasteiger partial charge in [0.2, 0.25) is 21.1 Å². The van der Waals surface area contributed by atoms with Crippen LogP contribution in [0.3, 0.4) is 0 Å². The van der Waals surface area contributed by atoms with Crippen LogP contribution in [0.15, 0.2) is 48.5 Å². The lowest BCUT2D eigenvalue weighted by Crippen LogP contribution is -2.47. The molecule has 3 rings (SSSR count). The Morgan fingerprint density at radius 3 is 2.50 bits per heavy atom. The second kappa shape index (κ2) is 9.40. The number of nitrogens with one attached hydrogen (secondary N) is 1. The summed E-state index contributed by atoms with van der Waals surface area (Å²) in [5, 5.41) is 22.7. The second-order valence-corrected chi connectivity index (χ2v) is 9.82. The van der Waals surface area contributed by atoms with E-state index in [1.807, 2.05) is 30.3 Å². The monoisotopic (exact) mass is 475 g/mol. The van der Waals surface area contributed by atoms with Crippen LogP contribution in [0.4, 0.5) is 16.5 Å². The fraction of sp³-hybridized carbons (Fsp3) is 0.250. The van der Waals surface area contributed by atoms with Gasteiger partial charge in [-0.05, 0) is 18.9 Å². The average molecular weight is 476 g/mol. The highest BCUT2D eigenvalue weighted by molar-refractivity contribution is 7.92. The van der Waals surface area contributed by atoms with Gasteiger partial charge in [-0.3, -0.25) is 24.5 Å². The smallest absolute Gasteiger partial charge is 0.271 e. The lowest BCUT2D eigenvalue weighted by atomic mass is 10.1. The Morgan fingerprint density at radius 1 is 1.22 bits per heavy atom.